The summed E-state index contributed by atoms with van der Waals surface area (Å²) in [5.41, 5.74) is 4.47. The van der Waals surface area contributed by atoms with Crippen LogP contribution in [0.2, 0.25) is 0 Å². The maximum Gasteiger partial charge on any atom is 0.274 e. The van der Waals surface area contributed by atoms with Gasteiger partial charge in [-0.05, 0) is 56.0 Å². The zero-order valence-electron chi connectivity index (χ0n) is 15.5. The van der Waals surface area contributed by atoms with Gasteiger partial charge in [0.2, 0.25) is 0 Å². The van der Waals surface area contributed by atoms with Crippen LogP contribution in [-0.4, -0.2) is 27.6 Å². The number of aromatic nitrogens is 2. The molecule has 0 unspecified atom stereocenters. The Hall–Kier alpha value is -2.95. The van der Waals surface area contributed by atoms with E-state index in [9.17, 15) is 9.18 Å². The molecule has 0 saturated carbocycles. The number of benzene rings is 2. The monoisotopic (exact) mass is 363 g/mol. The Labute approximate surface area is 158 Å². The lowest BCUT2D eigenvalue weighted by Crippen LogP contribution is -2.30. The Morgan fingerprint density at radius 3 is 2.52 bits per heavy atom. The van der Waals surface area contributed by atoms with Crippen LogP contribution in [0, 0.1) is 5.82 Å². The van der Waals surface area contributed by atoms with Gasteiger partial charge in [0.25, 0.3) is 5.91 Å². The van der Waals surface area contributed by atoms with Crippen LogP contribution in [0.25, 0.3) is 5.69 Å². The van der Waals surface area contributed by atoms with Gasteiger partial charge in [-0.1, -0.05) is 30.3 Å². The molecule has 27 heavy (non-hydrogen) atoms. The van der Waals surface area contributed by atoms with Gasteiger partial charge in [0.1, 0.15) is 5.82 Å². The van der Waals surface area contributed by atoms with E-state index in [1.165, 1.54) is 12.1 Å². The van der Waals surface area contributed by atoms with Crippen LogP contribution in [-0.2, 0) is 12.8 Å². The molecule has 5 heteroatoms. The molecule has 1 aliphatic carbocycles. The minimum atomic E-state index is -0.282. The van der Waals surface area contributed by atoms with Crippen LogP contribution in [0.3, 0.4) is 0 Å². The number of hydrogen-bond acceptors (Lipinski definition) is 2. The van der Waals surface area contributed by atoms with Crippen molar-refractivity contribution in [3.05, 3.63) is 82.9 Å². The molecule has 0 bridgehead atoms. The van der Waals surface area contributed by atoms with E-state index >= 15 is 0 Å². The first-order valence-corrected chi connectivity index (χ1v) is 9.25. The zero-order valence-corrected chi connectivity index (χ0v) is 15.5. The van der Waals surface area contributed by atoms with Gasteiger partial charge in [0, 0.05) is 18.3 Å². The lowest BCUT2D eigenvalue weighted by Gasteiger charge is -2.25. The minimum absolute atomic E-state index is 0.0493. The van der Waals surface area contributed by atoms with Gasteiger partial charge in [0.05, 0.1) is 11.7 Å². The average molecular weight is 363 g/mol. The Kier molecular flexibility index (Phi) is 4.52. The molecule has 0 radical (unpaired) electrons. The Bertz CT molecular complexity index is 963. The molecule has 4 nitrogen and oxygen atoms in total. The molecule has 1 amide bonds. The third kappa shape index (κ3) is 3.14. The van der Waals surface area contributed by atoms with E-state index in [1.54, 1.807) is 21.7 Å². The molecular weight excluding hydrogens is 341 g/mol. The quantitative estimate of drug-likeness (QED) is 0.692. The van der Waals surface area contributed by atoms with Crippen molar-refractivity contribution in [3.63, 3.8) is 0 Å². The Balaban J connectivity index is 1.68. The van der Waals surface area contributed by atoms with E-state index in [0.717, 1.165) is 41.8 Å². The van der Waals surface area contributed by atoms with Gasteiger partial charge in [-0.25, -0.2) is 9.07 Å². The largest absolute Gasteiger partial charge is 0.334 e. The molecule has 1 heterocycles. The van der Waals surface area contributed by atoms with Crippen molar-refractivity contribution in [2.24, 2.45) is 0 Å². The molecule has 2 aromatic carbocycles. The predicted octanol–water partition coefficient (Wildman–Crippen LogP) is 4.33. The molecule has 1 atom stereocenters. The van der Waals surface area contributed by atoms with E-state index in [2.05, 4.69) is 5.10 Å². The third-order valence-electron chi connectivity index (χ3n) is 5.39. The molecule has 0 spiro atoms. The van der Waals surface area contributed by atoms with Gasteiger partial charge in [0.15, 0.2) is 5.69 Å². The number of rotatable bonds is 4. The van der Waals surface area contributed by atoms with E-state index in [0.29, 0.717) is 5.69 Å². The molecule has 1 aliphatic rings. The summed E-state index contributed by atoms with van der Waals surface area (Å²) >= 11 is 0. The van der Waals surface area contributed by atoms with Gasteiger partial charge < -0.3 is 4.90 Å². The molecule has 3 aromatic rings. The first-order valence-electron chi connectivity index (χ1n) is 9.25. The lowest BCUT2D eigenvalue weighted by atomic mass is 10.1. The van der Waals surface area contributed by atoms with Crippen molar-refractivity contribution in [1.29, 1.82) is 0 Å². The summed E-state index contributed by atoms with van der Waals surface area (Å²) in [6.07, 6.45) is 2.74. The number of hydrogen-bond donors (Lipinski definition) is 0. The summed E-state index contributed by atoms with van der Waals surface area (Å²) in [4.78, 5) is 14.9. The van der Waals surface area contributed by atoms with Gasteiger partial charge in [-0.3, -0.25) is 4.79 Å². The smallest absolute Gasteiger partial charge is 0.274 e. The lowest BCUT2D eigenvalue weighted by molar-refractivity contribution is 0.0735. The highest BCUT2D eigenvalue weighted by molar-refractivity contribution is 5.94. The van der Waals surface area contributed by atoms with Crippen LogP contribution in [0.4, 0.5) is 4.39 Å². The second-order valence-electron chi connectivity index (χ2n) is 7.02. The van der Waals surface area contributed by atoms with E-state index < -0.39 is 0 Å². The standard InChI is InChI=1S/C22H22FN3O/c1-15(16-7-4-3-5-8-16)25(2)22(27)21-19-9-6-10-20(19)26(24-21)18-13-11-17(23)12-14-18/h3-5,7-8,11-15H,6,9-10H2,1-2H3/t15-/m0/s1. The maximum atomic E-state index is 13.3. The molecule has 0 N–H and O–H groups in total. The fourth-order valence-electron chi connectivity index (χ4n) is 3.70. The maximum absolute atomic E-state index is 13.3. The first kappa shape index (κ1) is 17.5. The number of nitrogens with zero attached hydrogens (tertiary/aromatic N) is 3. The molecule has 138 valence electrons. The van der Waals surface area contributed by atoms with Crippen LogP contribution in [0.15, 0.2) is 54.6 Å². The molecule has 0 aliphatic heterocycles. The van der Waals surface area contributed by atoms with Crippen molar-refractivity contribution in [1.82, 2.24) is 14.7 Å². The summed E-state index contributed by atoms with van der Waals surface area (Å²) in [5.74, 6) is -0.361. The Morgan fingerprint density at radius 1 is 1.11 bits per heavy atom. The highest BCUT2D eigenvalue weighted by Crippen LogP contribution is 2.30. The zero-order chi connectivity index (χ0) is 19.0. The van der Waals surface area contributed by atoms with Gasteiger partial charge in [-0.2, -0.15) is 5.10 Å². The molecule has 0 fully saturated rings. The van der Waals surface area contributed by atoms with Gasteiger partial charge >= 0.3 is 0 Å². The third-order valence-corrected chi connectivity index (χ3v) is 5.39. The number of carbonyl (C=O) groups excluding carboxylic acids is 1. The summed E-state index contributed by atoms with van der Waals surface area (Å²) in [6, 6.07) is 16.2. The highest BCUT2D eigenvalue weighted by atomic mass is 19.1. The fraction of sp³-hybridized carbons (Fsp3) is 0.273. The summed E-state index contributed by atoms with van der Waals surface area (Å²) in [7, 11) is 1.82. The summed E-state index contributed by atoms with van der Waals surface area (Å²) in [6.45, 7) is 2.02. The minimum Gasteiger partial charge on any atom is -0.334 e. The van der Waals surface area contributed by atoms with Gasteiger partial charge in [-0.15, -0.1) is 0 Å². The van der Waals surface area contributed by atoms with Crippen molar-refractivity contribution in [2.45, 2.75) is 32.2 Å². The number of carbonyl (C=O) groups is 1. The molecular formula is C22H22FN3O. The normalized spacial score (nSPS) is 14.0. The summed E-state index contributed by atoms with van der Waals surface area (Å²) < 4.78 is 15.1. The number of fused-ring (bicyclic) bond motifs is 1. The van der Waals surface area contributed by atoms with Crippen LogP contribution in [0.5, 0.6) is 0 Å². The van der Waals surface area contributed by atoms with E-state index in [-0.39, 0.29) is 17.8 Å². The highest BCUT2D eigenvalue weighted by Gasteiger charge is 2.30. The van der Waals surface area contributed by atoms with E-state index in [1.807, 2.05) is 44.3 Å². The number of halogens is 1. The first-order chi connectivity index (χ1) is 13.1. The van der Waals surface area contributed by atoms with Crippen LogP contribution >= 0.6 is 0 Å². The predicted molar refractivity (Wildman–Crippen MR) is 102 cm³/mol. The molecule has 0 saturated heterocycles. The van der Waals surface area contributed by atoms with Crippen LogP contribution in [0.1, 0.15) is 46.7 Å². The Morgan fingerprint density at radius 2 is 1.81 bits per heavy atom. The van der Waals surface area contributed by atoms with Crippen molar-refractivity contribution in [3.8, 4) is 5.69 Å². The SMILES string of the molecule is C[C@@H](c1ccccc1)N(C)C(=O)c1nn(-c2ccc(F)cc2)c2c1CCC2. The average Bonchev–Trinajstić information content (AvgIpc) is 3.30. The van der Waals surface area contributed by atoms with Crippen molar-refractivity contribution >= 4 is 5.91 Å². The van der Waals surface area contributed by atoms with Crippen LogP contribution < -0.4 is 0 Å². The fourth-order valence-corrected chi connectivity index (χ4v) is 3.70. The van der Waals surface area contributed by atoms with Crippen molar-refractivity contribution < 1.29 is 9.18 Å². The second kappa shape index (κ2) is 6.99. The summed E-state index contributed by atoms with van der Waals surface area (Å²) in [5, 5.41) is 4.63. The second-order valence-corrected chi connectivity index (χ2v) is 7.02. The molecule has 4 rings (SSSR count). The topological polar surface area (TPSA) is 38.1 Å². The van der Waals surface area contributed by atoms with Crippen molar-refractivity contribution in [2.75, 3.05) is 7.05 Å². The van der Waals surface area contributed by atoms with E-state index in [4.69, 9.17) is 0 Å². The molecule has 1 aromatic heterocycles. The number of amides is 1.